The lowest BCUT2D eigenvalue weighted by Crippen LogP contribution is -2.04. The summed E-state index contributed by atoms with van der Waals surface area (Å²) < 4.78 is 51.0. The third-order valence-electron chi connectivity index (χ3n) is 3.00. The molecule has 0 bridgehead atoms. The smallest absolute Gasteiger partial charge is 0.263 e. The van der Waals surface area contributed by atoms with Crippen LogP contribution < -0.4 is 0 Å². The molecule has 20 heavy (non-hydrogen) atoms. The molecule has 0 amide bonds. The minimum absolute atomic E-state index is 0.0554. The summed E-state index contributed by atoms with van der Waals surface area (Å²) in [6.45, 7) is 0. The third kappa shape index (κ3) is 3.36. The van der Waals surface area contributed by atoms with E-state index < -0.39 is 24.2 Å². The molecule has 0 spiro atoms. The molecule has 1 atom stereocenters. The zero-order valence-corrected chi connectivity index (χ0v) is 10.4. The van der Waals surface area contributed by atoms with Crippen LogP contribution in [-0.2, 0) is 6.42 Å². The number of aliphatic hydroxyl groups excluding tert-OH is 1. The number of aliphatic hydroxyl groups is 1. The first kappa shape index (κ1) is 14.5. The van der Waals surface area contributed by atoms with Gasteiger partial charge in [0.15, 0.2) is 0 Å². The van der Waals surface area contributed by atoms with Gasteiger partial charge in [0.2, 0.25) is 0 Å². The molecule has 1 nitrogen and oxygen atoms in total. The van der Waals surface area contributed by atoms with Gasteiger partial charge < -0.3 is 5.11 Å². The van der Waals surface area contributed by atoms with Crippen LogP contribution in [-0.4, -0.2) is 5.11 Å². The molecule has 5 heteroatoms. The predicted molar refractivity (Wildman–Crippen MR) is 66.4 cm³/mol. The van der Waals surface area contributed by atoms with Gasteiger partial charge in [0.05, 0.1) is 6.10 Å². The van der Waals surface area contributed by atoms with Crippen LogP contribution in [0.15, 0.2) is 42.5 Å². The van der Waals surface area contributed by atoms with Crippen LogP contribution in [0.4, 0.5) is 17.6 Å². The van der Waals surface area contributed by atoms with Crippen LogP contribution in [0, 0.1) is 11.6 Å². The molecule has 2 aromatic carbocycles. The van der Waals surface area contributed by atoms with E-state index in [0.717, 1.165) is 12.1 Å². The maximum absolute atomic E-state index is 13.4. The monoisotopic (exact) mass is 284 g/mol. The number of hydrogen-bond donors (Lipinski definition) is 1. The van der Waals surface area contributed by atoms with Crippen LogP contribution in [0.1, 0.15) is 29.2 Å². The van der Waals surface area contributed by atoms with Gasteiger partial charge in [-0.25, -0.2) is 17.6 Å². The first-order chi connectivity index (χ1) is 9.47. The summed E-state index contributed by atoms with van der Waals surface area (Å²) in [5, 5.41) is 9.95. The van der Waals surface area contributed by atoms with Gasteiger partial charge in [-0.2, -0.15) is 0 Å². The Kier molecular flexibility index (Phi) is 4.39. The highest BCUT2D eigenvalue weighted by Gasteiger charge is 2.13. The first-order valence-electron chi connectivity index (χ1n) is 5.97. The van der Waals surface area contributed by atoms with Crippen LogP contribution in [0.2, 0.25) is 0 Å². The Morgan fingerprint density at radius 2 is 1.50 bits per heavy atom. The Hall–Kier alpha value is -1.88. The van der Waals surface area contributed by atoms with Gasteiger partial charge in [-0.1, -0.05) is 30.3 Å². The topological polar surface area (TPSA) is 20.2 Å². The fourth-order valence-electron chi connectivity index (χ4n) is 1.88. The summed E-state index contributed by atoms with van der Waals surface area (Å²) >= 11 is 0. The highest BCUT2D eigenvalue weighted by atomic mass is 19.3. The van der Waals surface area contributed by atoms with Gasteiger partial charge in [-0.3, -0.25) is 0 Å². The fraction of sp³-hybridized carbons (Fsp3) is 0.200. The molecule has 2 aromatic rings. The third-order valence-corrected chi connectivity index (χ3v) is 3.00. The molecule has 0 aliphatic heterocycles. The van der Waals surface area contributed by atoms with Gasteiger partial charge in [0, 0.05) is 18.1 Å². The van der Waals surface area contributed by atoms with Crippen LogP contribution in [0.25, 0.3) is 0 Å². The van der Waals surface area contributed by atoms with Gasteiger partial charge in [-0.15, -0.1) is 0 Å². The zero-order chi connectivity index (χ0) is 14.7. The SMILES string of the molecule is OC(Cc1ccc(F)cc1F)c1ccc(C(F)F)cc1. The molecule has 106 valence electrons. The van der Waals surface area contributed by atoms with Crippen molar-refractivity contribution < 1.29 is 22.7 Å². The van der Waals surface area contributed by atoms with Crippen molar-refractivity contribution in [3.8, 4) is 0 Å². The summed E-state index contributed by atoms with van der Waals surface area (Å²) in [6.07, 6.45) is -3.67. The van der Waals surface area contributed by atoms with E-state index in [1.54, 1.807) is 0 Å². The number of rotatable bonds is 4. The van der Waals surface area contributed by atoms with E-state index in [2.05, 4.69) is 0 Å². The van der Waals surface area contributed by atoms with Gasteiger partial charge >= 0.3 is 0 Å². The number of benzene rings is 2. The molecule has 0 heterocycles. The Bertz CT molecular complexity index is 581. The van der Waals surface area contributed by atoms with E-state index in [9.17, 15) is 22.7 Å². The summed E-state index contributed by atoms with van der Waals surface area (Å²) in [5.41, 5.74) is 0.420. The van der Waals surface area contributed by atoms with E-state index in [1.165, 1.54) is 30.3 Å². The molecule has 1 unspecified atom stereocenters. The molecular weight excluding hydrogens is 272 g/mol. The van der Waals surface area contributed by atoms with Crippen molar-refractivity contribution in [1.82, 2.24) is 0 Å². The van der Waals surface area contributed by atoms with Crippen molar-refractivity contribution >= 4 is 0 Å². The maximum atomic E-state index is 13.4. The molecule has 1 N–H and O–H groups in total. The number of halogens is 4. The van der Waals surface area contributed by atoms with E-state index in [1.807, 2.05) is 0 Å². The maximum Gasteiger partial charge on any atom is 0.263 e. The Balaban J connectivity index is 2.13. The molecule has 2 rings (SSSR count). The number of alkyl halides is 2. The lowest BCUT2D eigenvalue weighted by atomic mass is 10.00. The van der Waals surface area contributed by atoms with Gasteiger partial charge in [0.1, 0.15) is 11.6 Å². The van der Waals surface area contributed by atoms with Gasteiger partial charge in [-0.05, 0) is 17.2 Å². The molecule has 0 aliphatic rings. The quantitative estimate of drug-likeness (QED) is 0.835. The molecule has 0 saturated heterocycles. The van der Waals surface area contributed by atoms with Crippen molar-refractivity contribution in [2.75, 3.05) is 0 Å². The molecule has 0 saturated carbocycles. The van der Waals surface area contributed by atoms with E-state index in [-0.39, 0.29) is 17.5 Å². The summed E-state index contributed by atoms with van der Waals surface area (Å²) in [7, 11) is 0. The highest BCUT2D eigenvalue weighted by molar-refractivity contribution is 5.27. The van der Waals surface area contributed by atoms with Crippen molar-refractivity contribution in [2.45, 2.75) is 19.0 Å². The lowest BCUT2D eigenvalue weighted by molar-refractivity contribution is 0.151. The Labute approximate surface area is 113 Å². The molecule has 0 aliphatic carbocycles. The Morgan fingerprint density at radius 3 is 2.05 bits per heavy atom. The summed E-state index contributed by atoms with van der Waals surface area (Å²) in [4.78, 5) is 0. The largest absolute Gasteiger partial charge is 0.388 e. The molecular formula is C15H12F4O. The molecule has 0 aromatic heterocycles. The average molecular weight is 284 g/mol. The van der Waals surface area contributed by atoms with Crippen molar-refractivity contribution in [3.63, 3.8) is 0 Å². The average Bonchev–Trinajstić information content (AvgIpc) is 2.42. The second-order valence-corrected chi connectivity index (χ2v) is 4.42. The van der Waals surface area contributed by atoms with Crippen LogP contribution >= 0.6 is 0 Å². The standard InChI is InChI=1S/C15H12F4O/c16-12-6-5-11(13(17)8-12)7-14(20)9-1-3-10(4-2-9)15(18)19/h1-6,8,14-15,20H,7H2. The number of hydrogen-bond acceptors (Lipinski definition) is 1. The van der Waals surface area contributed by atoms with Crippen molar-refractivity contribution in [1.29, 1.82) is 0 Å². The normalized spacial score (nSPS) is 12.7. The first-order valence-corrected chi connectivity index (χ1v) is 5.97. The molecule has 0 fully saturated rings. The van der Waals surface area contributed by atoms with E-state index in [0.29, 0.717) is 5.56 Å². The van der Waals surface area contributed by atoms with Crippen molar-refractivity contribution in [3.05, 3.63) is 70.8 Å². The molecule has 0 radical (unpaired) electrons. The zero-order valence-electron chi connectivity index (χ0n) is 10.4. The second kappa shape index (κ2) is 6.05. The summed E-state index contributed by atoms with van der Waals surface area (Å²) in [6, 6.07) is 8.25. The van der Waals surface area contributed by atoms with Gasteiger partial charge in [0.25, 0.3) is 6.43 Å². The van der Waals surface area contributed by atoms with E-state index in [4.69, 9.17) is 0 Å². The minimum Gasteiger partial charge on any atom is -0.388 e. The lowest BCUT2D eigenvalue weighted by Gasteiger charge is -2.12. The minimum atomic E-state index is -2.57. The van der Waals surface area contributed by atoms with Crippen molar-refractivity contribution in [2.24, 2.45) is 0 Å². The highest BCUT2D eigenvalue weighted by Crippen LogP contribution is 2.24. The van der Waals surface area contributed by atoms with Crippen LogP contribution in [0.3, 0.4) is 0 Å². The second-order valence-electron chi connectivity index (χ2n) is 4.42. The van der Waals surface area contributed by atoms with Crippen LogP contribution in [0.5, 0.6) is 0 Å². The fourth-order valence-corrected chi connectivity index (χ4v) is 1.88. The van der Waals surface area contributed by atoms with E-state index >= 15 is 0 Å². The predicted octanol–water partition coefficient (Wildman–Crippen LogP) is 4.18. The Morgan fingerprint density at radius 1 is 0.900 bits per heavy atom. The summed E-state index contributed by atoms with van der Waals surface area (Å²) in [5.74, 6) is -1.43.